The summed E-state index contributed by atoms with van der Waals surface area (Å²) >= 11 is 6.06. The summed E-state index contributed by atoms with van der Waals surface area (Å²) in [5, 5.41) is 3.57. The van der Waals surface area contributed by atoms with Gasteiger partial charge in [-0.05, 0) is 60.5 Å². The van der Waals surface area contributed by atoms with Crippen LogP contribution in [0.2, 0.25) is 5.02 Å². The number of hydrogen-bond acceptors (Lipinski definition) is 5. The zero-order valence-corrected chi connectivity index (χ0v) is 18.3. The molecular weight excluding hydrogens is 447 g/mol. The van der Waals surface area contributed by atoms with Crippen LogP contribution < -0.4 is 19.7 Å². The highest BCUT2D eigenvalue weighted by atomic mass is 35.5. The molecular formula is C25H18ClFN2O4. The summed E-state index contributed by atoms with van der Waals surface area (Å²) in [6, 6.07) is 15.5. The zero-order valence-electron chi connectivity index (χ0n) is 17.5. The Morgan fingerprint density at radius 1 is 0.909 bits per heavy atom. The molecule has 33 heavy (non-hydrogen) atoms. The molecule has 1 N–H and O–H groups in total. The van der Waals surface area contributed by atoms with E-state index in [0.29, 0.717) is 52.2 Å². The maximum atomic E-state index is 13.6. The minimum atomic E-state index is -0.528. The highest BCUT2D eigenvalue weighted by Gasteiger charge is 2.41. The molecule has 0 unspecified atom stereocenters. The van der Waals surface area contributed by atoms with Crippen molar-refractivity contribution in [2.24, 2.45) is 0 Å². The topological polar surface area (TPSA) is 67.9 Å². The first kappa shape index (κ1) is 21.0. The molecule has 0 fully saturated rings. The molecule has 3 aromatic carbocycles. The largest absolute Gasteiger partial charge is 0.486 e. The van der Waals surface area contributed by atoms with Gasteiger partial charge in [-0.1, -0.05) is 23.7 Å². The molecule has 0 spiro atoms. The molecule has 3 aromatic rings. The smallest absolute Gasteiger partial charge is 0.282 e. The van der Waals surface area contributed by atoms with Crippen molar-refractivity contribution in [1.29, 1.82) is 0 Å². The first-order valence-electron chi connectivity index (χ1n) is 10.2. The Bertz CT molecular complexity index is 1320. The first-order valence-corrected chi connectivity index (χ1v) is 10.6. The number of amides is 2. The number of nitrogens with one attached hydrogen (secondary N) is 1. The average molecular weight is 465 g/mol. The fourth-order valence-electron chi connectivity index (χ4n) is 3.88. The summed E-state index contributed by atoms with van der Waals surface area (Å²) in [7, 11) is 0. The van der Waals surface area contributed by atoms with Crippen molar-refractivity contribution in [3.63, 3.8) is 0 Å². The van der Waals surface area contributed by atoms with Gasteiger partial charge in [0.05, 0.1) is 11.3 Å². The molecule has 6 nitrogen and oxygen atoms in total. The fraction of sp³-hybridized carbons (Fsp3) is 0.120. The lowest BCUT2D eigenvalue weighted by molar-refractivity contribution is -0.120. The number of anilines is 2. The molecule has 0 radical (unpaired) electrons. The van der Waals surface area contributed by atoms with Crippen molar-refractivity contribution in [2.45, 2.75) is 6.92 Å². The normalized spacial score (nSPS) is 15.3. The molecule has 0 aliphatic carbocycles. The SMILES string of the molecule is Cc1cc(Cl)ccc1N1C(=O)C(Nc2ccc3c(c2)OCCO3)=C(c2ccc(F)cc2)C1=O. The van der Waals surface area contributed by atoms with E-state index < -0.39 is 17.6 Å². The Kier molecular flexibility index (Phi) is 5.26. The number of aryl methyl sites for hydroxylation is 1. The zero-order chi connectivity index (χ0) is 23.1. The monoisotopic (exact) mass is 464 g/mol. The molecule has 166 valence electrons. The van der Waals surface area contributed by atoms with Crippen molar-refractivity contribution in [1.82, 2.24) is 0 Å². The number of imide groups is 1. The Hall–Kier alpha value is -3.84. The van der Waals surface area contributed by atoms with Crippen LogP contribution in [0.4, 0.5) is 15.8 Å². The van der Waals surface area contributed by atoms with Crippen LogP contribution in [0.3, 0.4) is 0 Å². The molecule has 0 bridgehead atoms. The van der Waals surface area contributed by atoms with Gasteiger partial charge in [-0.25, -0.2) is 9.29 Å². The molecule has 0 saturated heterocycles. The van der Waals surface area contributed by atoms with E-state index in [4.69, 9.17) is 21.1 Å². The predicted molar refractivity (Wildman–Crippen MR) is 123 cm³/mol. The van der Waals surface area contributed by atoms with Gasteiger partial charge in [0.1, 0.15) is 24.7 Å². The van der Waals surface area contributed by atoms with Gasteiger partial charge in [0.25, 0.3) is 11.8 Å². The first-order chi connectivity index (χ1) is 15.9. The molecule has 2 heterocycles. The van der Waals surface area contributed by atoms with E-state index in [1.807, 2.05) is 0 Å². The lowest BCUT2D eigenvalue weighted by Gasteiger charge is -2.20. The van der Waals surface area contributed by atoms with E-state index in [0.717, 1.165) is 4.90 Å². The quantitative estimate of drug-likeness (QED) is 0.553. The standard InChI is InChI=1S/C25H18ClFN2O4/c1-14-12-16(26)4-8-19(14)29-24(30)22(15-2-5-17(27)6-3-15)23(25(29)31)28-18-7-9-20-21(13-18)33-11-10-32-20/h2-9,12-13,28H,10-11H2,1H3. The fourth-order valence-corrected chi connectivity index (χ4v) is 4.11. The van der Waals surface area contributed by atoms with Gasteiger partial charge < -0.3 is 14.8 Å². The van der Waals surface area contributed by atoms with E-state index in [9.17, 15) is 14.0 Å². The summed E-state index contributed by atoms with van der Waals surface area (Å²) < 4.78 is 24.7. The number of rotatable bonds is 4. The summed E-state index contributed by atoms with van der Waals surface area (Å²) in [5.41, 5.74) is 2.28. The molecule has 0 saturated carbocycles. The Morgan fingerprint density at radius 2 is 1.64 bits per heavy atom. The summed E-state index contributed by atoms with van der Waals surface area (Å²) in [6.45, 7) is 2.65. The van der Waals surface area contributed by atoms with Crippen LogP contribution in [0.15, 0.2) is 66.4 Å². The van der Waals surface area contributed by atoms with Crippen molar-refractivity contribution in [3.05, 3.63) is 88.3 Å². The number of ether oxygens (including phenoxy) is 2. The lowest BCUT2D eigenvalue weighted by Crippen LogP contribution is -2.33. The minimum absolute atomic E-state index is 0.0811. The second-order valence-electron chi connectivity index (χ2n) is 7.62. The Balaban J connectivity index is 1.59. The van der Waals surface area contributed by atoms with E-state index in [2.05, 4.69) is 5.32 Å². The molecule has 5 rings (SSSR count). The maximum Gasteiger partial charge on any atom is 0.282 e. The van der Waals surface area contributed by atoms with Crippen molar-refractivity contribution < 1.29 is 23.5 Å². The highest BCUT2D eigenvalue weighted by molar-refractivity contribution is 6.46. The summed E-state index contributed by atoms with van der Waals surface area (Å²) in [6.07, 6.45) is 0. The maximum absolute atomic E-state index is 13.6. The van der Waals surface area contributed by atoms with Crippen LogP contribution in [0.5, 0.6) is 11.5 Å². The number of nitrogens with zero attached hydrogens (tertiary/aromatic N) is 1. The third-order valence-electron chi connectivity index (χ3n) is 5.43. The summed E-state index contributed by atoms with van der Waals surface area (Å²) in [5.74, 6) is -0.344. The number of fused-ring (bicyclic) bond motifs is 1. The van der Waals surface area contributed by atoms with E-state index >= 15 is 0 Å². The predicted octanol–water partition coefficient (Wildman–Crippen LogP) is 4.96. The van der Waals surface area contributed by atoms with Crippen molar-refractivity contribution in [3.8, 4) is 11.5 Å². The van der Waals surface area contributed by atoms with Crippen molar-refractivity contribution in [2.75, 3.05) is 23.4 Å². The van der Waals surface area contributed by atoms with Gasteiger partial charge in [0.2, 0.25) is 0 Å². The Morgan fingerprint density at radius 3 is 2.36 bits per heavy atom. The van der Waals surface area contributed by atoms with Gasteiger partial charge in [-0.2, -0.15) is 0 Å². The van der Waals surface area contributed by atoms with Gasteiger partial charge in [-0.3, -0.25) is 9.59 Å². The van der Waals surface area contributed by atoms with Gasteiger partial charge in [0.15, 0.2) is 11.5 Å². The molecule has 2 aliphatic heterocycles. The number of hydrogen-bond donors (Lipinski definition) is 1. The molecule has 0 atom stereocenters. The lowest BCUT2D eigenvalue weighted by atomic mass is 10.0. The van der Waals surface area contributed by atoms with Crippen LogP contribution in [-0.2, 0) is 9.59 Å². The number of carbonyl (C=O) groups is 2. The van der Waals surface area contributed by atoms with Crippen molar-refractivity contribution >= 4 is 40.4 Å². The van der Waals surface area contributed by atoms with Crippen LogP contribution in [0.25, 0.3) is 5.57 Å². The Labute approximate surface area is 194 Å². The third-order valence-corrected chi connectivity index (χ3v) is 5.66. The minimum Gasteiger partial charge on any atom is -0.486 e. The van der Waals surface area contributed by atoms with Gasteiger partial charge in [0, 0.05) is 16.8 Å². The molecule has 0 aromatic heterocycles. The molecule has 2 aliphatic rings. The second kappa shape index (κ2) is 8.26. The van der Waals surface area contributed by atoms with Crippen LogP contribution in [-0.4, -0.2) is 25.0 Å². The van der Waals surface area contributed by atoms with Gasteiger partial charge in [-0.15, -0.1) is 0 Å². The molecule has 2 amide bonds. The van der Waals surface area contributed by atoms with E-state index in [-0.39, 0.29) is 11.3 Å². The van der Waals surface area contributed by atoms with Gasteiger partial charge >= 0.3 is 0 Å². The van der Waals surface area contributed by atoms with Crippen LogP contribution >= 0.6 is 11.6 Å². The van der Waals surface area contributed by atoms with Crippen LogP contribution in [0, 0.1) is 12.7 Å². The highest BCUT2D eigenvalue weighted by Crippen LogP contribution is 2.38. The third kappa shape index (κ3) is 3.81. The van der Waals surface area contributed by atoms with E-state index in [1.165, 1.54) is 24.3 Å². The van der Waals surface area contributed by atoms with E-state index in [1.54, 1.807) is 43.3 Å². The number of carbonyl (C=O) groups excluding carboxylic acids is 2. The number of halogens is 2. The average Bonchev–Trinajstić information content (AvgIpc) is 3.04. The molecule has 8 heteroatoms. The number of benzene rings is 3. The second-order valence-corrected chi connectivity index (χ2v) is 8.05. The summed E-state index contributed by atoms with van der Waals surface area (Å²) in [4.78, 5) is 28.1. The van der Waals surface area contributed by atoms with Crippen LogP contribution in [0.1, 0.15) is 11.1 Å².